The monoisotopic (exact) mass is 300 g/mol. The van der Waals surface area contributed by atoms with Gasteiger partial charge in [-0.3, -0.25) is 0 Å². The quantitative estimate of drug-likeness (QED) is 0.854. The fraction of sp³-hybridized carbons (Fsp3) is 0.684. The van der Waals surface area contributed by atoms with Crippen molar-refractivity contribution in [2.24, 2.45) is 0 Å². The van der Waals surface area contributed by atoms with E-state index in [4.69, 9.17) is 0 Å². The van der Waals surface area contributed by atoms with Gasteiger partial charge in [-0.1, -0.05) is 30.3 Å². The van der Waals surface area contributed by atoms with E-state index in [0.29, 0.717) is 0 Å². The Morgan fingerprint density at radius 3 is 1.91 bits per heavy atom. The van der Waals surface area contributed by atoms with Crippen molar-refractivity contribution in [3.63, 3.8) is 0 Å². The summed E-state index contributed by atoms with van der Waals surface area (Å²) in [6.45, 7) is 16.6. The van der Waals surface area contributed by atoms with Gasteiger partial charge in [0, 0.05) is 16.6 Å². The normalized spacial score (nSPS) is 21.6. The molecular formula is C19H33BN2. The topological polar surface area (TPSA) is 15.3 Å². The minimum Gasteiger partial charge on any atom is -0.333 e. The van der Waals surface area contributed by atoms with E-state index in [1.807, 2.05) is 0 Å². The number of hydrogen-bond acceptors (Lipinski definition) is 2. The van der Waals surface area contributed by atoms with E-state index < -0.39 is 0 Å². The smallest absolute Gasteiger partial charge is 0.333 e. The number of benzene rings is 1. The van der Waals surface area contributed by atoms with E-state index in [1.165, 1.54) is 24.7 Å². The lowest BCUT2D eigenvalue weighted by molar-refractivity contribution is 0.0471. The van der Waals surface area contributed by atoms with Gasteiger partial charge in [0.1, 0.15) is 0 Å². The molecule has 0 amide bonds. The van der Waals surface area contributed by atoms with E-state index in [-0.39, 0.29) is 23.6 Å². The second-order valence-electron chi connectivity index (χ2n) is 9.06. The molecule has 1 heterocycles. The zero-order valence-electron chi connectivity index (χ0n) is 15.5. The molecule has 1 N–H and O–H groups in total. The van der Waals surface area contributed by atoms with Gasteiger partial charge in [0.25, 0.3) is 0 Å². The maximum atomic E-state index is 3.88. The van der Waals surface area contributed by atoms with Gasteiger partial charge in [-0.05, 0) is 73.2 Å². The molecule has 1 fully saturated rings. The van der Waals surface area contributed by atoms with Crippen molar-refractivity contribution in [1.82, 2.24) is 10.0 Å². The second kappa shape index (κ2) is 6.01. The van der Waals surface area contributed by atoms with Gasteiger partial charge in [-0.15, -0.1) is 0 Å². The van der Waals surface area contributed by atoms with Crippen LogP contribution < -0.4 is 10.7 Å². The maximum absolute atomic E-state index is 3.88. The highest BCUT2D eigenvalue weighted by Crippen LogP contribution is 2.38. The summed E-state index contributed by atoms with van der Waals surface area (Å²) in [7, 11) is 0. The molecule has 2 rings (SSSR count). The number of rotatable bonds is 3. The Bertz CT molecular complexity index is 472. The third-order valence-corrected chi connectivity index (χ3v) is 4.82. The Morgan fingerprint density at radius 2 is 1.45 bits per heavy atom. The first kappa shape index (κ1) is 17.6. The molecule has 0 spiro atoms. The summed E-state index contributed by atoms with van der Waals surface area (Å²) >= 11 is 0. The predicted molar refractivity (Wildman–Crippen MR) is 98.6 cm³/mol. The lowest BCUT2D eigenvalue weighted by atomic mass is 9.57. The molecule has 1 aromatic rings. The molecule has 0 bridgehead atoms. The summed E-state index contributed by atoms with van der Waals surface area (Å²) in [5.41, 5.74) is 1.82. The molecule has 0 aromatic heterocycles. The maximum Gasteiger partial charge on any atom is 0.344 e. The second-order valence-corrected chi connectivity index (χ2v) is 9.06. The highest BCUT2D eigenvalue weighted by atomic mass is 15.3. The molecule has 3 heteroatoms. The highest BCUT2D eigenvalue weighted by molar-refractivity contribution is 6.68. The molecule has 22 heavy (non-hydrogen) atoms. The van der Waals surface area contributed by atoms with Crippen LogP contribution in [0, 0.1) is 0 Å². The molecule has 0 saturated carbocycles. The minimum atomic E-state index is 0.0735. The number of piperidine rings is 1. The van der Waals surface area contributed by atoms with Gasteiger partial charge in [0.15, 0.2) is 0 Å². The van der Waals surface area contributed by atoms with Crippen molar-refractivity contribution < 1.29 is 0 Å². The first-order valence-electron chi connectivity index (χ1n) is 8.65. The van der Waals surface area contributed by atoms with Gasteiger partial charge < -0.3 is 10.0 Å². The van der Waals surface area contributed by atoms with Crippen LogP contribution in [0.15, 0.2) is 30.3 Å². The van der Waals surface area contributed by atoms with Crippen LogP contribution >= 0.6 is 0 Å². The average Bonchev–Trinajstić information content (AvgIpc) is 2.35. The van der Waals surface area contributed by atoms with Crippen molar-refractivity contribution in [3.05, 3.63) is 30.3 Å². The summed E-state index contributed by atoms with van der Waals surface area (Å²) in [6, 6.07) is 10.9. The zero-order valence-corrected chi connectivity index (χ0v) is 15.5. The van der Waals surface area contributed by atoms with Crippen molar-refractivity contribution >= 4 is 12.4 Å². The Balaban J connectivity index is 2.46. The summed E-state index contributed by atoms with van der Waals surface area (Å²) in [4.78, 5) is 2.71. The number of nitrogens with one attached hydrogen (secondary N) is 1. The molecule has 0 unspecified atom stereocenters. The SMILES string of the molecule is CC(C)(C)NB(c1ccccc1)N1C(C)(C)CCCC1(C)C. The minimum absolute atomic E-state index is 0.0735. The largest absolute Gasteiger partial charge is 0.344 e. The summed E-state index contributed by atoms with van der Waals surface area (Å²) in [5.74, 6) is 0. The molecule has 2 nitrogen and oxygen atoms in total. The first-order chi connectivity index (χ1) is 10.0. The van der Waals surface area contributed by atoms with Gasteiger partial charge in [0.05, 0.1) is 0 Å². The van der Waals surface area contributed by atoms with E-state index in [2.05, 4.69) is 88.8 Å². The lowest BCUT2D eigenvalue weighted by Gasteiger charge is -2.56. The average molecular weight is 300 g/mol. The van der Waals surface area contributed by atoms with Crippen LogP contribution in [0.3, 0.4) is 0 Å². The van der Waals surface area contributed by atoms with Gasteiger partial charge in [0.2, 0.25) is 0 Å². The Morgan fingerprint density at radius 1 is 0.955 bits per heavy atom. The van der Waals surface area contributed by atoms with Crippen molar-refractivity contribution in [2.45, 2.75) is 84.3 Å². The third kappa shape index (κ3) is 3.94. The molecule has 122 valence electrons. The van der Waals surface area contributed by atoms with Gasteiger partial charge >= 0.3 is 6.98 Å². The Kier molecular flexibility index (Phi) is 4.80. The van der Waals surface area contributed by atoms with E-state index >= 15 is 0 Å². The van der Waals surface area contributed by atoms with Gasteiger partial charge in [-0.25, -0.2) is 0 Å². The van der Waals surface area contributed by atoms with Crippen molar-refractivity contribution in [1.29, 1.82) is 0 Å². The lowest BCUT2D eigenvalue weighted by Crippen LogP contribution is -2.74. The molecular weight excluding hydrogens is 267 g/mol. The molecule has 1 aromatic carbocycles. The summed E-state index contributed by atoms with van der Waals surface area (Å²) < 4.78 is 0. The molecule has 0 atom stereocenters. The highest BCUT2D eigenvalue weighted by Gasteiger charge is 2.47. The van der Waals surface area contributed by atoms with Crippen molar-refractivity contribution in [2.75, 3.05) is 0 Å². The summed E-state index contributed by atoms with van der Waals surface area (Å²) in [5, 5.41) is 3.88. The number of nitrogens with zero attached hydrogens (tertiary/aromatic N) is 1. The van der Waals surface area contributed by atoms with Gasteiger partial charge in [-0.2, -0.15) is 0 Å². The van der Waals surface area contributed by atoms with Crippen LogP contribution in [-0.4, -0.2) is 28.4 Å². The van der Waals surface area contributed by atoms with E-state index in [0.717, 1.165) is 0 Å². The fourth-order valence-corrected chi connectivity index (χ4v) is 4.06. The standard InChI is InChI=1S/C19H33BN2/c1-17(2,3)21-20(16-12-9-8-10-13-16)22-18(4,5)14-11-15-19(22,6)7/h8-10,12-13,21H,11,14-15H2,1-7H3. The predicted octanol–water partition coefficient (Wildman–Crippen LogP) is 3.81. The first-order valence-corrected chi connectivity index (χ1v) is 8.65. The van der Waals surface area contributed by atoms with E-state index in [9.17, 15) is 0 Å². The van der Waals surface area contributed by atoms with Crippen LogP contribution in [0.1, 0.15) is 67.7 Å². The van der Waals surface area contributed by atoms with Crippen LogP contribution in [0.25, 0.3) is 0 Å². The summed E-state index contributed by atoms with van der Waals surface area (Å²) in [6.07, 6.45) is 3.82. The zero-order chi connectivity index (χ0) is 16.6. The molecule has 1 aliphatic rings. The number of hydrogen-bond donors (Lipinski definition) is 1. The van der Waals surface area contributed by atoms with Crippen LogP contribution in [0.4, 0.5) is 0 Å². The van der Waals surface area contributed by atoms with E-state index in [1.54, 1.807) is 0 Å². The van der Waals surface area contributed by atoms with Crippen molar-refractivity contribution in [3.8, 4) is 0 Å². The molecule has 0 radical (unpaired) electrons. The Labute approximate surface area is 137 Å². The molecule has 1 aliphatic heterocycles. The fourth-order valence-electron chi connectivity index (χ4n) is 4.06. The van der Waals surface area contributed by atoms with Crippen LogP contribution in [0.2, 0.25) is 0 Å². The third-order valence-electron chi connectivity index (χ3n) is 4.82. The molecule has 0 aliphatic carbocycles. The Hall–Kier alpha value is -0.795. The molecule has 1 saturated heterocycles. The van der Waals surface area contributed by atoms with Crippen LogP contribution in [-0.2, 0) is 0 Å². The van der Waals surface area contributed by atoms with Crippen LogP contribution in [0.5, 0.6) is 0 Å².